The van der Waals surface area contributed by atoms with E-state index >= 15 is 0 Å². The van der Waals surface area contributed by atoms with Crippen LogP contribution in [-0.4, -0.2) is 17.5 Å². The fraction of sp³-hybridized carbons (Fsp3) is 0.667. The van der Waals surface area contributed by atoms with Gasteiger partial charge in [0, 0.05) is 12.0 Å². The molecular weight excluding hydrogens is 152 g/mol. The molecule has 3 nitrogen and oxygen atoms in total. The van der Waals surface area contributed by atoms with Crippen LogP contribution in [0.5, 0.6) is 0 Å². The molecule has 12 heavy (non-hydrogen) atoms. The van der Waals surface area contributed by atoms with E-state index in [1.54, 1.807) is 0 Å². The summed E-state index contributed by atoms with van der Waals surface area (Å²) in [5.41, 5.74) is 5.23. The van der Waals surface area contributed by atoms with E-state index in [2.05, 4.69) is 11.2 Å². The lowest BCUT2D eigenvalue weighted by molar-refractivity contribution is -0.123. The molecule has 0 aliphatic rings. The third-order valence-electron chi connectivity index (χ3n) is 1.17. The highest BCUT2D eigenvalue weighted by molar-refractivity contribution is 5.82. The Hall–Kier alpha value is -1.01. The molecule has 1 atom stereocenters. The number of amides is 1. The Bertz CT molecular complexity index is 198. The largest absolute Gasteiger partial charge is 0.350 e. The van der Waals surface area contributed by atoms with Gasteiger partial charge in [0.15, 0.2) is 0 Å². The smallest absolute Gasteiger partial charge is 0.238 e. The predicted molar refractivity (Wildman–Crippen MR) is 49.3 cm³/mol. The molecule has 0 heterocycles. The first kappa shape index (κ1) is 11.0. The van der Waals surface area contributed by atoms with E-state index in [0.29, 0.717) is 0 Å². The van der Waals surface area contributed by atoms with Crippen LogP contribution in [-0.2, 0) is 4.79 Å². The SMILES string of the molecule is C#CCC(N)C(=O)NC(C)(C)C. The lowest BCUT2D eigenvalue weighted by Gasteiger charge is -2.22. The number of nitrogens with one attached hydrogen (secondary N) is 1. The number of terminal acetylenes is 1. The third-order valence-corrected chi connectivity index (χ3v) is 1.17. The highest BCUT2D eigenvalue weighted by atomic mass is 16.2. The third kappa shape index (κ3) is 4.75. The van der Waals surface area contributed by atoms with Gasteiger partial charge in [-0.15, -0.1) is 12.3 Å². The molecule has 0 aromatic rings. The average Bonchev–Trinajstić information content (AvgIpc) is 1.84. The molecule has 0 aliphatic heterocycles. The summed E-state index contributed by atoms with van der Waals surface area (Å²) in [4.78, 5) is 11.2. The average molecular weight is 168 g/mol. The lowest BCUT2D eigenvalue weighted by atomic mass is 10.1. The van der Waals surface area contributed by atoms with Crippen LogP contribution in [0.2, 0.25) is 0 Å². The van der Waals surface area contributed by atoms with E-state index in [9.17, 15) is 4.79 Å². The Labute approximate surface area is 73.7 Å². The van der Waals surface area contributed by atoms with Gasteiger partial charge in [-0.2, -0.15) is 0 Å². The maximum Gasteiger partial charge on any atom is 0.238 e. The van der Waals surface area contributed by atoms with Crippen molar-refractivity contribution in [3.05, 3.63) is 0 Å². The summed E-state index contributed by atoms with van der Waals surface area (Å²) >= 11 is 0. The molecule has 0 aliphatic carbocycles. The van der Waals surface area contributed by atoms with Crippen LogP contribution in [0.3, 0.4) is 0 Å². The van der Waals surface area contributed by atoms with E-state index in [1.807, 2.05) is 20.8 Å². The Balaban J connectivity index is 3.98. The fourth-order valence-corrected chi connectivity index (χ4v) is 0.682. The molecule has 0 saturated carbocycles. The van der Waals surface area contributed by atoms with Gasteiger partial charge in [-0.05, 0) is 20.8 Å². The van der Waals surface area contributed by atoms with Gasteiger partial charge in [-0.25, -0.2) is 0 Å². The highest BCUT2D eigenvalue weighted by Gasteiger charge is 2.18. The molecule has 68 valence electrons. The van der Waals surface area contributed by atoms with Crippen molar-refractivity contribution in [2.45, 2.75) is 38.8 Å². The van der Waals surface area contributed by atoms with E-state index in [0.717, 1.165) is 0 Å². The molecule has 0 saturated heterocycles. The van der Waals surface area contributed by atoms with Crippen molar-refractivity contribution < 1.29 is 4.79 Å². The second kappa shape index (κ2) is 4.13. The molecule has 0 aromatic carbocycles. The monoisotopic (exact) mass is 168 g/mol. The summed E-state index contributed by atoms with van der Waals surface area (Å²) in [5, 5.41) is 2.74. The van der Waals surface area contributed by atoms with Crippen LogP contribution in [0.25, 0.3) is 0 Å². The maximum absolute atomic E-state index is 11.2. The van der Waals surface area contributed by atoms with Crippen LogP contribution < -0.4 is 11.1 Å². The van der Waals surface area contributed by atoms with E-state index in [-0.39, 0.29) is 17.9 Å². The second-order valence-corrected chi connectivity index (χ2v) is 3.75. The van der Waals surface area contributed by atoms with E-state index in [1.165, 1.54) is 0 Å². The molecule has 0 rings (SSSR count). The van der Waals surface area contributed by atoms with Gasteiger partial charge < -0.3 is 11.1 Å². The summed E-state index contributed by atoms with van der Waals surface area (Å²) in [7, 11) is 0. The van der Waals surface area contributed by atoms with Crippen molar-refractivity contribution in [3.63, 3.8) is 0 Å². The molecule has 0 fully saturated rings. The first-order valence-electron chi connectivity index (χ1n) is 3.88. The summed E-state index contributed by atoms with van der Waals surface area (Å²) in [6.45, 7) is 5.69. The number of carbonyl (C=O) groups is 1. The molecule has 0 spiro atoms. The molecule has 3 N–H and O–H groups in total. The standard InChI is InChI=1S/C9H16N2O/c1-5-6-7(10)8(12)11-9(2,3)4/h1,7H,6,10H2,2-4H3,(H,11,12). The molecule has 3 heteroatoms. The molecule has 0 radical (unpaired) electrons. The zero-order valence-corrected chi connectivity index (χ0v) is 7.85. The molecule has 1 unspecified atom stereocenters. The summed E-state index contributed by atoms with van der Waals surface area (Å²) in [6.07, 6.45) is 5.30. The molecule has 0 bridgehead atoms. The predicted octanol–water partition coefficient (Wildman–Crippen LogP) is 0.252. The molecular formula is C9H16N2O. The maximum atomic E-state index is 11.2. The fourth-order valence-electron chi connectivity index (χ4n) is 0.682. The van der Waals surface area contributed by atoms with Gasteiger partial charge in [0.1, 0.15) is 0 Å². The highest BCUT2D eigenvalue weighted by Crippen LogP contribution is 1.99. The zero-order valence-electron chi connectivity index (χ0n) is 7.85. The number of nitrogens with two attached hydrogens (primary N) is 1. The summed E-state index contributed by atoms with van der Waals surface area (Å²) < 4.78 is 0. The first-order chi connectivity index (χ1) is 5.37. The molecule has 0 aromatic heterocycles. The van der Waals surface area contributed by atoms with Gasteiger partial charge in [0.05, 0.1) is 6.04 Å². The number of rotatable bonds is 2. The Morgan fingerprint density at radius 3 is 2.50 bits per heavy atom. The van der Waals surface area contributed by atoms with Crippen molar-refractivity contribution >= 4 is 5.91 Å². The van der Waals surface area contributed by atoms with Crippen molar-refractivity contribution in [3.8, 4) is 12.3 Å². The van der Waals surface area contributed by atoms with Gasteiger partial charge in [-0.3, -0.25) is 4.79 Å². The van der Waals surface area contributed by atoms with Crippen LogP contribution in [0.4, 0.5) is 0 Å². The van der Waals surface area contributed by atoms with Crippen molar-refractivity contribution in [2.75, 3.05) is 0 Å². The first-order valence-corrected chi connectivity index (χ1v) is 3.88. The second-order valence-electron chi connectivity index (χ2n) is 3.75. The van der Waals surface area contributed by atoms with Gasteiger partial charge in [0.2, 0.25) is 5.91 Å². The van der Waals surface area contributed by atoms with Gasteiger partial charge in [-0.1, -0.05) is 0 Å². The minimum atomic E-state index is -0.589. The quantitative estimate of drug-likeness (QED) is 0.581. The van der Waals surface area contributed by atoms with Crippen molar-refractivity contribution in [2.24, 2.45) is 5.73 Å². The lowest BCUT2D eigenvalue weighted by Crippen LogP contribution is -2.48. The van der Waals surface area contributed by atoms with E-state index in [4.69, 9.17) is 12.2 Å². The van der Waals surface area contributed by atoms with Crippen LogP contribution >= 0.6 is 0 Å². The number of hydrogen-bond donors (Lipinski definition) is 2. The van der Waals surface area contributed by atoms with Crippen LogP contribution in [0.15, 0.2) is 0 Å². The van der Waals surface area contributed by atoms with Gasteiger partial charge in [0.25, 0.3) is 0 Å². The van der Waals surface area contributed by atoms with Gasteiger partial charge >= 0.3 is 0 Å². The minimum Gasteiger partial charge on any atom is -0.350 e. The number of carbonyl (C=O) groups excluding carboxylic acids is 1. The van der Waals surface area contributed by atoms with Crippen LogP contribution in [0, 0.1) is 12.3 Å². The zero-order chi connectivity index (χ0) is 9.78. The van der Waals surface area contributed by atoms with Crippen molar-refractivity contribution in [1.29, 1.82) is 0 Å². The van der Waals surface area contributed by atoms with Crippen molar-refractivity contribution in [1.82, 2.24) is 5.32 Å². The Morgan fingerprint density at radius 2 is 2.17 bits per heavy atom. The Morgan fingerprint density at radius 1 is 1.67 bits per heavy atom. The van der Waals surface area contributed by atoms with E-state index < -0.39 is 6.04 Å². The Kier molecular flexibility index (Phi) is 3.78. The number of hydrogen-bond acceptors (Lipinski definition) is 2. The topological polar surface area (TPSA) is 55.1 Å². The normalized spacial score (nSPS) is 13.2. The summed E-state index contributed by atoms with van der Waals surface area (Å²) in [6, 6.07) is -0.589. The minimum absolute atomic E-state index is 0.194. The van der Waals surface area contributed by atoms with Crippen LogP contribution in [0.1, 0.15) is 27.2 Å². The summed E-state index contributed by atoms with van der Waals surface area (Å²) in [5.74, 6) is 2.15. The molecule has 1 amide bonds.